The first-order valence-corrected chi connectivity index (χ1v) is 9.50. The fraction of sp³-hybridized carbons (Fsp3) is 0.588. The number of benzene rings is 1. The van der Waals surface area contributed by atoms with E-state index in [1.807, 2.05) is 0 Å². The molecule has 1 heterocycles. The Morgan fingerprint density at radius 2 is 1.88 bits per heavy atom. The third-order valence-corrected chi connectivity index (χ3v) is 5.62. The SMILES string of the molecule is CC(C)(C)OC(=O)N1[C@H]([C@@H](F)S(=O)(=O)c2ccccc2)COC1(C)C. The number of sulfone groups is 1. The van der Waals surface area contributed by atoms with Crippen molar-refractivity contribution in [2.45, 2.75) is 62.4 Å². The molecule has 1 aromatic rings. The second-order valence-electron chi connectivity index (χ2n) is 7.38. The molecule has 1 amide bonds. The molecule has 0 bridgehead atoms. The van der Waals surface area contributed by atoms with Crippen LogP contribution in [0.5, 0.6) is 0 Å². The highest BCUT2D eigenvalue weighted by Crippen LogP contribution is 2.34. The van der Waals surface area contributed by atoms with Crippen molar-refractivity contribution in [2.24, 2.45) is 0 Å². The summed E-state index contributed by atoms with van der Waals surface area (Å²) < 4.78 is 51.0. The third kappa shape index (κ3) is 4.12. The Morgan fingerprint density at radius 1 is 1.32 bits per heavy atom. The summed E-state index contributed by atoms with van der Waals surface area (Å²) >= 11 is 0. The lowest BCUT2D eigenvalue weighted by Gasteiger charge is -2.35. The largest absolute Gasteiger partial charge is 0.444 e. The van der Waals surface area contributed by atoms with Crippen molar-refractivity contribution in [3.63, 3.8) is 0 Å². The van der Waals surface area contributed by atoms with E-state index in [1.54, 1.807) is 40.7 Å². The molecule has 0 saturated carbocycles. The Labute approximate surface area is 147 Å². The van der Waals surface area contributed by atoms with E-state index in [1.165, 1.54) is 24.3 Å². The van der Waals surface area contributed by atoms with Gasteiger partial charge in [-0.3, -0.25) is 4.90 Å². The molecule has 0 aliphatic carbocycles. The van der Waals surface area contributed by atoms with E-state index in [4.69, 9.17) is 9.47 Å². The molecule has 0 radical (unpaired) electrons. The lowest BCUT2D eigenvalue weighted by Crippen LogP contribution is -2.53. The maximum atomic E-state index is 15.0. The fourth-order valence-electron chi connectivity index (χ4n) is 2.64. The van der Waals surface area contributed by atoms with Crippen LogP contribution in [0.2, 0.25) is 0 Å². The van der Waals surface area contributed by atoms with Crippen molar-refractivity contribution in [2.75, 3.05) is 6.61 Å². The number of amides is 1. The van der Waals surface area contributed by atoms with Gasteiger partial charge in [0.1, 0.15) is 17.4 Å². The van der Waals surface area contributed by atoms with Gasteiger partial charge >= 0.3 is 6.09 Å². The monoisotopic (exact) mass is 373 g/mol. The van der Waals surface area contributed by atoms with Crippen LogP contribution in [0.3, 0.4) is 0 Å². The second kappa shape index (κ2) is 6.57. The van der Waals surface area contributed by atoms with Crippen LogP contribution in [0, 0.1) is 0 Å². The fourth-order valence-corrected chi connectivity index (χ4v) is 4.05. The van der Waals surface area contributed by atoms with Crippen molar-refractivity contribution in [1.29, 1.82) is 0 Å². The van der Waals surface area contributed by atoms with Crippen LogP contribution in [0.25, 0.3) is 0 Å². The maximum absolute atomic E-state index is 15.0. The van der Waals surface area contributed by atoms with Gasteiger partial charge in [0.05, 0.1) is 11.5 Å². The zero-order chi connectivity index (χ0) is 19.0. The minimum absolute atomic E-state index is 0.142. The van der Waals surface area contributed by atoms with Gasteiger partial charge in [-0.2, -0.15) is 0 Å². The van der Waals surface area contributed by atoms with E-state index in [9.17, 15) is 13.2 Å². The molecule has 0 aromatic heterocycles. The standard InChI is InChI=1S/C17H24FNO5S/c1-16(2,3)24-15(20)19-13(11-23-17(19,4)5)14(18)25(21,22)12-9-7-6-8-10-12/h6-10,13-14H,11H2,1-5H3/t13-,14-/m0/s1. The molecule has 8 heteroatoms. The van der Waals surface area contributed by atoms with E-state index >= 15 is 4.39 Å². The van der Waals surface area contributed by atoms with E-state index in [-0.39, 0.29) is 11.5 Å². The molecule has 2 atom stereocenters. The molecule has 25 heavy (non-hydrogen) atoms. The topological polar surface area (TPSA) is 72.9 Å². The average Bonchev–Trinajstić information content (AvgIpc) is 2.81. The summed E-state index contributed by atoms with van der Waals surface area (Å²) in [5, 5.41) is 0. The maximum Gasteiger partial charge on any atom is 0.413 e. The quantitative estimate of drug-likeness (QED) is 0.814. The third-order valence-electron chi connectivity index (χ3n) is 3.78. The number of hydrogen-bond donors (Lipinski definition) is 0. The van der Waals surface area contributed by atoms with Gasteiger partial charge in [-0.1, -0.05) is 18.2 Å². The predicted octanol–water partition coefficient (Wildman–Crippen LogP) is 3.13. The average molecular weight is 373 g/mol. The van der Waals surface area contributed by atoms with Gasteiger partial charge in [0.2, 0.25) is 15.3 Å². The lowest BCUT2D eigenvalue weighted by atomic mass is 10.2. The van der Waals surface area contributed by atoms with Gasteiger partial charge in [-0.05, 0) is 46.8 Å². The molecule has 2 rings (SSSR count). The van der Waals surface area contributed by atoms with Crippen LogP contribution < -0.4 is 0 Å². The molecule has 1 aromatic carbocycles. The molecule has 1 aliphatic heterocycles. The molecule has 6 nitrogen and oxygen atoms in total. The number of carbonyl (C=O) groups excluding carboxylic acids is 1. The first-order valence-electron chi connectivity index (χ1n) is 7.95. The molecular weight excluding hydrogens is 349 g/mol. The van der Waals surface area contributed by atoms with Crippen molar-refractivity contribution in [3.8, 4) is 0 Å². The zero-order valence-corrected chi connectivity index (χ0v) is 15.8. The first kappa shape index (κ1) is 19.7. The number of rotatable bonds is 3. The Morgan fingerprint density at radius 3 is 2.40 bits per heavy atom. The van der Waals surface area contributed by atoms with E-state index in [0.717, 1.165) is 4.90 Å². The van der Waals surface area contributed by atoms with Crippen LogP contribution in [-0.2, 0) is 19.3 Å². The summed E-state index contributed by atoms with van der Waals surface area (Å²) in [7, 11) is -4.28. The van der Waals surface area contributed by atoms with E-state index < -0.39 is 38.8 Å². The molecule has 0 N–H and O–H groups in total. The van der Waals surface area contributed by atoms with Crippen molar-refractivity contribution in [3.05, 3.63) is 30.3 Å². The molecule has 1 aliphatic rings. The number of ether oxygens (including phenoxy) is 2. The van der Waals surface area contributed by atoms with Gasteiger partial charge in [0.25, 0.3) is 0 Å². The van der Waals surface area contributed by atoms with Crippen LogP contribution in [0.4, 0.5) is 9.18 Å². The molecule has 1 saturated heterocycles. The van der Waals surface area contributed by atoms with Gasteiger partial charge in [0.15, 0.2) is 0 Å². The molecule has 0 spiro atoms. The minimum Gasteiger partial charge on any atom is -0.444 e. The van der Waals surface area contributed by atoms with Crippen LogP contribution >= 0.6 is 0 Å². The normalized spacial score (nSPS) is 21.8. The van der Waals surface area contributed by atoms with Crippen LogP contribution in [0.15, 0.2) is 35.2 Å². The lowest BCUT2D eigenvalue weighted by molar-refractivity contribution is -0.0637. The Hall–Kier alpha value is -1.67. The highest BCUT2D eigenvalue weighted by Gasteiger charge is 2.52. The zero-order valence-electron chi connectivity index (χ0n) is 15.0. The highest BCUT2D eigenvalue weighted by atomic mass is 32.2. The van der Waals surface area contributed by atoms with Crippen molar-refractivity contribution >= 4 is 15.9 Å². The molecular formula is C17H24FNO5S. The Balaban J connectivity index is 2.34. The Kier molecular flexibility index (Phi) is 5.16. The summed E-state index contributed by atoms with van der Waals surface area (Å²) in [6.07, 6.45) is -0.814. The smallest absolute Gasteiger partial charge is 0.413 e. The number of hydrogen-bond acceptors (Lipinski definition) is 5. The molecule has 1 fully saturated rings. The van der Waals surface area contributed by atoms with E-state index in [0.29, 0.717) is 0 Å². The second-order valence-corrected chi connectivity index (χ2v) is 9.40. The number of carbonyl (C=O) groups is 1. The summed E-state index contributed by atoms with van der Waals surface area (Å²) in [6.45, 7) is 7.93. The number of nitrogens with zero attached hydrogens (tertiary/aromatic N) is 1. The highest BCUT2D eigenvalue weighted by molar-refractivity contribution is 7.92. The summed E-state index contributed by atoms with van der Waals surface area (Å²) in [5.41, 5.74) is -4.31. The summed E-state index contributed by atoms with van der Waals surface area (Å²) in [6, 6.07) is 6.01. The molecule has 0 unspecified atom stereocenters. The van der Waals surface area contributed by atoms with Gasteiger partial charge < -0.3 is 9.47 Å². The first-order chi connectivity index (χ1) is 11.4. The van der Waals surface area contributed by atoms with Crippen molar-refractivity contribution < 1.29 is 27.1 Å². The minimum atomic E-state index is -4.28. The van der Waals surface area contributed by atoms with Crippen LogP contribution in [0.1, 0.15) is 34.6 Å². The predicted molar refractivity (Wildman–Crippen MR) is 90.4 cm³/mol. The molecule has 140 valence electrons. The summed E-state index contributed by atoms with van der Waals surface area (Å²) in [5.74, 6) is 0. The van der Waals surface area contributed by atoms with Gasteiger partial charge in [-0.15, -0.1) is 0 Å². The van der Waals surface area contributed by atoms with E-state index in [2.05, 4.69) is 0 Å². The Bertz CT molecular complexity index is 727. The van der Waals surface area contributed by atoms with Crippen molar-refractivity contribution in [1.82, 2.24) is 4.90 Å². The van der Waals surface area contributed by atoms with Crippen LogP contribution in [-0.4, -0.2) is 48.9 Å². The van der Waals surface area contributed by atoms with Gasteiger partial charge in [-0.25, -0.2) is 17.6 Å². The number of halogens is 1. The van der Waals surface area contributed by atoms with Gasteiger partial charge in [0, 0.05) is 0 Å². The summed E-state index contributed by atoms with van der Waals surface area (Å²) in [4.78, 5) is 13.4. The number of alkyl halides is 1.